The van der Waals surface area contributed by atoms with Crippen LogP contribution in [0.2, 0.25) is 0 Å². The Hall–Kier alpha value is -0.970. The van der Waals surface area contributed by atoms with Gasteiger partial charge in [-0.25, -0.2) is 17.5 Å². The second-order valence-corrected chi connectivity index (χ2v) is 5.86. The van der Waals surface area contributed by atoms with Crippen LogP contribution in [0, 0.1) is 17.1 Å². The minimum Gasteiger partial charge on any atom is -0.211 e. The summed E-state index contributed by atoms with van der Waals surface area (Å²) in [4.78, 5) is -0.129. The van der Waals surface area contributed by atoms with Gasteiger partial charge >= 0.3 is 0 Å². The van der Waals surface area contributed by atoms with Gasteiger partial charge in [0.25, 0.3) is 0 Å². The number of nitrogens with one attached hydrogen (secondary N) is 1. The van der Waals surface area contributed by atoms with Gasteiger partial charge in [-0.1, -0.05) is 0 Å². The van der Waals surface area contributed by atoms with E-state index in [1.54, 1.807) is 0 Å². The van der Waals surface area contributed by atoms with Crippen LogP contribution in [-0.4, -0.2) is 15.0 Å². The molecule has 1 rings (SSSR count). The van der Waals surface area contributed by atoms with E-state index in [0.29, 0.717) is 6.42 Å². The molecule has 0 radical (unpaired) electrons. The zero-order valence-electron chi connectivity index (χ0n) is 8.78. The molecule has 0 fully saturated rings. The maximum Gasteiger partial charge on any atom is 0.240 e. The van der Waals surface area contributed by atoms with Crippen molar-refractivity contribution in [3.63, 3.8) is 0 Å². The molecule has 0 heterocycles. The van der Waals surface area contributed by atoms with Crippen molar-refractivity contribution in [3.8, 4) is 6.07 Å². The van der Waals surface area contributed by atoms with Crippen molar-refractivity contribution in [1.29, 1.82) is 5.26 Å². The predicted molar refractivity (Wildman–Crippen MR) is 64.1 cm³/mol. The van der Waals surface area contributed by atoms with Gasteiger partial charge in [0.1, 0.15) is 5.82 Å². The third-order valence-electron chi connectivity index (χ3n) is 1.96. The summed E-state index contributed by atoms with van der Waals surface area (Å²) in [5.41, 5.74) is 0. The topological polar surface area (TPSA) is 70.0 Å². The van der Waals surface area contributed by atoms with E-state index >= 15 is 0 Å². The quantitative estimate of drug-likeness (QED) is 0.845. The number of benzene rings is 1. The zero-order valence-corrected chi connectivity index (χ0v) is 11.2. The molecule has 0 aliphatic carbocycles. The summed E-state index contributed by atoms with van der Waals surface area (Å²) in [5.74, 6) is -0.634. The molecule has 0 bridgehead atoms. The predicted octanol–water partition coefficient (Wildman–Crippen LogP) is 2.17. The molecule has 0 atom stereocenters. The van der Waals surface area contributed by atoms with Gasteiger partial charge in [0, 0.05) is 13.0 Å². The van der Waals surface area contributed by atoms with Gasteiger partial charge in [0.2, 0.25) is 10.0 Å². The molecular formula is C10H10BrFN2O2S. The van der Waals surface area contributed by atoms with Crippen LogP contribution >= 0.6 is 15.9 Å². The van der Waals surface area contributed by atoms with E-state index < -0.39 is 15.8 Å². The molecule has 0 aliphatic heterocycles. The summed E-state index contributed by atoms with van der Waals surface area (Å²) in [6.07, 6.45) is 0.700. The summed E-state index contributed by atoms with van der Waals surface area (Å²) < 4.78 is 39.0. The van der Waals surface area contributed by atoms with Crippen LogP contribution in [-0.2, 0) is 10.0 Å². The number of nitriles is 1. The molecule has 7 heteroatoms. The third-order valence-corrected chi connectivity index (χ3v) is 4.06. The van der Waals surface area contributed by atoms with Crippen molar-refractivity contribution >= 4 is 26.0 Å². The fourth-order valence-corrected chi connectivity index (χ4v) is 2.43. The number of sulfonamides is 1. The van der Waals surface area contributed by atoms with Crippen molar-refractivity contribution in [3.05, 3.63) is 28.5 Å². The van der Waals surface area contributed by atoms with Crippen LogP contribution in [0.15, 0.2) is 27.6 Å². The maximum absolute atomic E-state index is 13.2. The second kappa shape index (κ2) is 6.10. The Kier molecular flexibility index (Phi) is 5.05. The lowest BCUT2D eigenvalue weighted by molar-refractivity contribution is 0.575. The van der Waals surface area contributed by atoms with Gasteiger partial charge in [-0.15, -0.1) is 0 Å². The average molecular weight is 321 g/mol. The summed E-state index contributed by atoms with van der Waals surface area (Å²) in [6.45, 7) is 0.160. The highest BCUT2D eigenvalue weighted by molar-refractivity contribution is 9.10. The number of rotatable bonds is 5. The highest BCUT2D eigenvalue weighted by Crippen LogP contribution is 2.19. The SMILES string of the molecule is N#CCCCNS(=O)(=O)c1ccc(Br)c(F)c1. The van der Waals surface area contributed by atoms with Gasteiger partial charge in [-0.3, -0.25) is 0 Å². The molecule has 1 aromatic rings. The van der Waals surface area contributed by atoms with E-state index in [1.807, 2.05) is 6.07 Å². The molecule has 4 nitrogen and oxygen atoms in total. The summed E-state index contributed by atoms with van der Waals surface area (Å²) in [7, 11) is -3.70. The average Bonchev–Trinajstić information content (AvgIpc) is 2.28. The Labute approximate surface area is 108 Å². The summed E-state index contributed by atoms with van der Waals surface area (Å²) in [6, 6.07) is 5.49. The molecule has 1 aromatic carbocycles. The molecule has 1 N–H and O–H groups in total. The lowest BCUT2D eigenvalue weighted by Crippen LogP contribution is -2.24. The van der Waals surface area contributed by atoms with E-state index in [4.69, 9.17) is 5.26 Å². The smallest absolute Gasteiger partial charge is 0.211 e. The Balaban J connectivity index is 2.76. The number of unbranched alkanes of at least 4 members (excludes halogenated alkanes) is 1. The molecule has 0 aromatic heterocycles. The van der Waals surface area contributed by atoms with Crippen LogP contribution in [0.5, 0.6) is 0 Å². The van der Waals surface area contributed by atoms with E-state index in [2.05, 4.69) is 20.7 Å². The molecule has 0 unspecified atom stereocenters. The molecule has 0 amide bonds. The summed E-state index contributed by atoms with van der Waals surface area (Å²) in [5, 5.41) is 8.30. The minimum absolute atomic E-state index is 0.129. The fourth-order valence-electron chi connectivity index (χ4n) is 1.10. The van der Waals surface area contributed by atoms with Crippen LogP contribution < -0.4 is 4.72 Å². The van der Waals surface area contributed by atoms with Crippen molar-refractivity contribution < 1.29 is 12.8 Å². The normalized spacial score (nSPS) is 11.1. The van der Waals surface area contributed by atoms with Gasteiger partial charge in [-0.2, -0.15) is 5.26 Å². The number of hydrogen-bond donors (Lipinski definition) is 1. The monoisotopic (exact) mass is 320 g/mol. The van der Waals surface area contributed by atoms with Crippen LogP contribution in [0.1, 0.15) is 12.8 Å². The molecule has 0 aliphatic rings. The number of halogens is 2. The first-order valence-corrected chi connectivity index (χ1v) is 7.06. The molecule has 0 saturated carbocycles. The van der Waals surface area contributed by atoms with Crippen LogP contribution in [0.25, 0.3) is 0 Å². The first kappa shape index (κ1) is 14.1. The molecule has 17 heavy (non-hydrogen) atoms. The largest absolute Gasteiger partial charge is 0.240 e. The third kappa shape index (κ3) is 4.07. The van der Waals surface area contributed by atoms with Gasteiger partial charge in [0.15, 0.2) is 0 Å². The van der Waals surface area contributed by atoms with Crippen LogP contribution in [0.4, 0.5) is 4.39 Å². The fraction of sp³-hybridized carbons (Fsp3) is 0.300. The highest BCUT2D eigenvalue weighted by atomic mass is 79.9. The molecule has 0 spiro atoms. The Bertz CT molecular complexity index is 540. The standard InChI is InChI=1S/C10H10BrFN2O2S/c11-9-4-3-8(7-10(9)12)17(15,16)14-6-2-1-5-13/h3-4,7,14H,1-2,6H2. The van der Waals surface area contributed by atoms with Crippen molar-refractivity contribution in [1.82, 2.24) is 4.72 Å². The first-order chi connectivity index (χ1) is 7.97. The number of nitrogens with zero attached hydrogens (tertiary/aromatic N) is 1. The second-order valence-electron chi connectivity index (χ2n) is 3.24. The van der Waals surface area contributed by atoms with Crippen molar-refractivity contribution in [2.24, 2.45) is 0 Å². The van der Waals surface area contributed by atoms with Crippen molar-refractivity contribution in [2.75, 3.05) is 6.54 Å². The van der Waals surface area contributed by atoms with E-state index in [-0.39, 0.29) is 22.3 Å². The van der Waals surface area contributed by atoms with E-state index in [9.17, 15) is 12.8 Å². The van der Waals surface area contributed by atoms with Gasteiger partial charge in [-0.05, 0) is 40.5 Å². The highest BCUT2D eigenvalue weighted by Gasteiger charge is 2.14. The van der Waals surface area contributed by atoms with Gasteiger partial charge in [0.05, 0.1) is 15.4 Å². The lowest BCUT2D eigenvalue weighted by Gasteiger charge is -2.06. The maximum atomic E-state index is 13.2. The Morgan fingerprint density at radius 3 is 2.76 bits per heavy atom. The van der Waals surface area contributed by atoms with E-state index in [0.717, 1.165) is 6.07 Å². The molecule has 0 saturated heterocycles. The zero-order chi connectivity index (χ0) is 12.9. The Morgan fingerprint density at radius 1 is 1.47 bits per heavy atom. The lowest BCUT2D eigenvalue weighted by atomic mass is 10.3. The summed E-state index contributed by atoms with van der Waals surface area (Å²) >= 11 is 2.94. The molecule has 92 valence electrons. The number of hydrogen-bond acceptors (Lipinski definition) is 3. The van der Waals surface area contributed by atoms with Gasteiger partial charge < -0.3 is 0 Å². The van der Waals surface area contributed by atoms with Crippen LogP contribution in [0.3, 0.4) is 0 Å². The van der Waals surface area contributed by atoms with E-state index in [1.165, 1.54) is 12.1 Å². The minimum atomic E-state index is -3.70. The first-order valence-electron chi connectivity index (χ1n) is 4.79. The van der Waals surface area contributed by atoms with Crippen molar-refractivity contribution in [2.45, 2.75) is 17.7 Å². The molecular weight excluding hydrogens is 311 g/mol. The Morgan fingerprint density at radius 2 is 2.18 bits per heavy atom.